The molecule has 1 aliphatic heterocycles. The van der Waals surface area contributed by atoms with Gasteiger partial charge in [-0.3, -0.25) is 4.79 Å². The zero-order valence-corrected chi connectivity index (χ0v) is 7.46. The van der Waals surface area contributed by atoms with Gasteiger partial charge in [0.15, 0.2) is 0 Å². The van der Waals surface area contributed by atoms with Crippen molar-refractivity contribution in [1.29, 1.82) is 0 Å². The third-order valence-corrected chi connectivity index (χ3v) is 2.97. The van der Waals surface area contributed by atoms with Crippen LogP contribution in [-0.2, 0) is 4.79 Å². The lowest BCUT2D eigenvalue weighted by molar-refractivity contribution is -0.138. The molecule has 2 heteroatoms. The van der Waals surface area contributed by atoms with E-state index in [1.165, 1.54) is 6.42 Å². The van der Waals surface area contributed by atoms with Crippen molar-refractivity contribution < 1.29 is 4.79 Å². The minimum Gasteiger partial charge on any atom is -0.342 e. The van der Waals surface area contributed by atoms with Gasteiger partial charge in [-0.1, -0.05) is 6.42 Å². The van der Waals surface area contributed by atoms with E-state index in [0.717, 1.165) is 38.8 Å². The molecule has 0 bridgehead atoms. The van der Waals surface area contributed by atoms with Crippen molar-refractivity contribution in [3.05, 3.63) is 6.42 Å². The lowest BCUT2D eigenvalue weighted by Gasteiger charge is -2.33. The molecular weight excluding hydrogens is 150 g/mol. The van der Waals surface area contributed by atoms with Crippen LogP contribution in [0.3, 0.4) is 0 Å². The summed E-state index contributed by atoms with van der Waals surface area (Å²) in [5.74, 6) is 0.817. The van der Waals surface area contributed by atoms with Crippen molar-refractivity contribution in [2.45, 2.75) is 32.1 Å². The van der Waals surface area contributed by atoms with Gasteiger partial charge in [0, 0.05) is 19.0 Å². The third kappa shape index (κ3) is 1.47. The monoisotopic (exact) mass is 166 g/mol. The van der Waals surface area contributed by atoms with Gasteiger partial charge in [0.25, 0.3) is 0 Å². The Balaban J connectivity index is 1.84. The number of carbonyl (C=O) groups is 1. The molecule has 0 aromatic rings. The summed E-state index contributed by atoms with van der Waals surface area (Å²) in [4.78, 5) is 13.7. The Morgan fingerprint density at radius 1 is 1.25 bits per heavy atom. The standard InChI is InChI=1S/C10H16NO/c12-10(9-5-4-6-9)11-7-2-1-3-8-11/h1,9H,2-8H2. The molecule has 0 aromatic heterocycles. The molecule has 2 rings (SSSR count). The first-order chi connectivity index (χ1) is 5.88. The van der Waals surface area contributed by atoms with E-state index in [1.54, 1.807) is 0 Å². The van der Waals surface area contributed by atoms with E-state index in [9.17, 15) is 4.79 Å². The second kappa shape index (κ2) is 3.46. The molecule has 2 nitrogen and oxygen atoms in total. The van der Waals surface area contributed by atoms with Gasteiger partial charge in [0.1, 0.15) is 0 Å². The van der Waals surface area contributed by atoms with E-state index in [0.29, 0.717) is 11.8 Å². The summed E-state index contributed by atoms with van der Waals surface area (Å²) < 4.78 is 0. The molecule has 67 valence electrons. The fourth-order valence-electron chi connectivity index (χ4n) is 1.88. The van der Waals surface area contributed by atoms with Gasteiger partial charge >= 0.3 is 0 Å². The molecule has 1 saturated heterocycles. The number of nitrogens with zero attached hydrogens (tertiary/aromatic N) is 1. The van der Waals surface area contributed by atoms with Gasteiger partial charge in [-0.2, -0.15) is 0 Å². The van der Waals surface area contributed by atoms with Crippen LogP contribution >= 0.6 is 0 Å². The maximum atomic E-state index is 11.7. The lowest BCUT2D eigenvalue weighted by Crippen LogP contribution is -2.41. The summed E-state index contributed by atoms with van der Waals surface area (Å²) >= 11 is 0. The second-order valence-corrected chi connectivity index (χ2v) is 3.82. The summed E-state index contributed by atoms with van der Waals surface area (Å²) in [6.45, 7) is 1.94. The molecule has 2 aliphatic rings. The summed E-state index contributed by atoms with van der Waals surface area (Å²) in [6, 6.07) is 0. The van der Waals surface area contributed by atoms with E-state index >= 15 is 0 Å². The number of carbonyl (C=O) groups excluding carboxylic acids is 1. The quantitative estimate of drug-likeness (QED) is 0.579. The fourth-order valence-corrected chi connectivity index (χ4v) is 1.88. The average Bonchev–Trinajstić information content (AvgIpc) is 2.03. The Hall–Kier alpha value is -0.530. The lowest BCUT2D eigenvalue weighted by atomic mass is 9.84. The van der Waals surface area contributed by atoms with Gasteiger partial charge in [-0.15, -0.1) is 0 Å². The first-order valence-electron chi connectivity index (χ1n) is 4.98. The molecule has 1 radical (unpaired) electrons. The van der Waals surface area contributed by atoms with Crippen molar-refractivity contribution in [2.24, 2.45) is 5.92 Å². The molecule has 0 aromatic carbocycles. The van der Waals surface area contributed by atoms with Crippen LogP contribution in [0.5, 0.6) is 0 Å². The molecule has 1 aliphatic carbocycles. The first kappa shape index (κ1) is 8.09. The van der Waals surface area contributed by atoms with Crippen molar-refractivity contribution in [3.63, 3.8) is 0 Å². The highest BCUT2D eigenvalue weighted by Gasteiger charge is 2.29. The van der Waals surface area contributed by atoms with Crippen LogP contribution in [0.4, 0.5) is 0 Å². The van der Waals surface area contributed by atoms with E-state index in [-0.39, 0.29) is 0 Å². The van der Waals surface area contributed by atoms with Gasteiger partial charge in [0.05, 0.1) is 0 Å². The minimum atomic E-state index is 0.392. The molecule has 1 heterocycles. The zero-order valence-electron chi connectivity index (χ0n) is 7.46. The third-order valence-electron chi connectivity index (χ3n) is 2.97. The Bertz CT molecular complexity index is 169. The Morgan fingerprint density at radius 2 is 1.92 bits per heavy atom. The molecule has 0 atom stereocenters. The molecule has 0 N–H and O–H groups in total. The smallest absolute Gasteiger partial charge is 0.225 e. The first-order valence-corrected chi connectivity index (χ1v) is 4.98. The molecule has 2 fully saturated rings. The van der Waals surface area contributed by atoms with Gasteiger partial charge in [-0.05, 0) is 32.1 Å². The van der Waals surface area contributed by atoms with Crippen LogP contribution in [0.2, 0.25) is 0 Å². The summed E-state index contributed by atoms with van der Waals surface area (Å²) in [7, 11) is 0. The van der Waals surface area contributed by atoms with E-state index < -0.39 is 0 Å². The SMILES string of the molecule is O=C(C1CCC1)N1CC[CH]CC1. The molecular formula is C10H16NO. The van der Waals surface area contributed by atoms with Gasteiger partial charge < -0.3 is 4.90 Å². The Kier molecular flexibility index (Phi) is 2.33. The molecule has 0 spiro atoms. The molecule has 12 heavy (non-hydrogen) atoms. The Labute approximate surface area is 73.9 Å². The van der Waals surface area contributed by atoms with E-state index in [1.807, 2.05) is 4.90 Å². The van der Waals surface area contributed by atoms with Crippen molar-refractivity contribution in [1.82, 2.24) is 4.90 Å². The second-order valence-electron chi connectivity index (χ2n) is 3.82. The zero-order chi connectivity index (χ0) is 8.39. The number of likely N-dealkylation sites (tertiary alicyclic amines) is 1. The van der Waals surface area contributed by atoms with Crippen LogP contribution in [0.25, 0.3) is 0 Å². The number of amides is 1. The van der Waals surface area contributed by atoms with Gasteiger partial charge in [-0.25, -0.2) is 0 Å². The summed E-state index contributed by atoms with van der Waals surface area (Å²) in [5.41, 5.74) is 0. The highest BCUT2D eigenvalue weighted by molar-refractivity contribution is 5.79. The van der Waals surface area contributed by atoms with Gasteiger partial charge in [0.2, 0.25) is 5.91 Å². The van der Waals surface area contributed by atoms with Crippen molar-refractivity contribution in [2.75, 3.05) is 13.1 Å². The topological polar surface area (TPSA) is 20.3 Å². The van der Waals surface area contributed by atoms with E-state index in [2.05, 4.69) is 6.42 Å². The van der Waals surface area contributed by atoms with Crippen LogP contribution in [-0.4, -0.2) is 23.9 Å². The minimum absolute atomic E-state index is 0.392. The number of hydrogen-bond acceptors (Lipinski definition) is 1. The Morgan fingerprint density at radius 3 is 2.42 bits per heavy atom. The van der Waals surface area contributed by atoms with Crippen LogP contribution in [0, 0.1) is 12.3 Å². The molecule has 1 saturated carbocycles. The maximum absolute atomic E-state index is 11.7. The fraction of sp³-hybridized carbons (Fsp3) is 0.800. The molecule has 0 unspecified atom stereocenters. The average molecular weight is 166 g/mol. The highest BCUT2D eigenvalue weighted by Crippen LogP contribution is 2.28. The van der Waals surface area contributed by atoms with Crippen LogP contribution in [0.1, 0.15) is 32.1 Å². The number of piperidine rings is 1. The summed E-state index contributed by atoms with van der Waals surface area (Å²) in [5, 5.41) is 0. The van der Waals surface area contributed by atoms with Crippen molar-refractivity contribution in [3.8, 4) is 0 Å². The largest absolute Gasteiger partial charge is 0.342 e. The predicted octanol–water partition coefficient (Wildman–Crippen LogP) is 1.61. The summed E-state index contributed by atoms with van der Waals surface area (Å²) in [6.07, 6.45) is 8.01. The number of hydrogen-bond donors (Lipinski definition) is 0. The highest BCUT2D eigenvalue weighted by atomic mass is 16.2. The van der Waals surface area contributed by atoms with Crippen LogP contribution in [0.15, 0.2) is 0 Å². The van der Waals surface area contributed by atoms with Crippen LogP contribution < -0.4 is 0 Å². The number of rotatable bonds is 1. The molecule has 1 amide bonds. The normalized spacial score (nSPS) is 25.2. The predicted molar refractivity (Wildman–Crippen MR) is 47.5 cm³/mol. The van der Waals surface area contributed by atoms with Crippen molar-refractivity contribution >= 4 is 5.91 Å². The maximum Gasteiger partial charge on any atom is 0.225 e. The van der Waals surface area contributed by atoms with E-state index in [4.69, 9.17) is 0 Å².